The van der Waals surface area contributed by atoms with E-state index in [0.717, 1.165) is 35.2 Å². The van der Waals surface area contributed by atoms with E-state index in [1.807, 2.05) is 13.0 Å². The number of benzene rings is 1. The highest BCUT2D eigenvalue weighted by atomic mass is 79.9. The van der Waals surface area contributed by atoms with Crippen LogP contribution in [0.15, 0.2) is 22.7 Å². The summed E-state index contributed by atoms with van der Waals surface area (Å²) < 4.78 is 1.05. The number of anilines is 1. The van der Waals surface area contributed by atoms with Crippen LogP contribution >= 0.6 is 15.9 Å². The van der Waals surface area contributed by atoms with Crippen molar-refractivity contribution in [2.24, 2.45) is 5.73 Å². The summed E-state index contributed by atoms with van der Waals surface area (Å²) in [4.78, 5) is 2.25. The van der Waals surface area contributed by atoms with Crippen LogP contribution < -0.4 is 10.6 Å². The summed E-state index contributed by atoms with van der Waals surface area (Å²) in [6.07, 6.45) is 0.777. The van der Waals surface area contributed by atoms with Gasteiger partial charge in [-0.25, -0.2) is 0 Å². The molecule has 3 nitrogen and oxygen atoms in total. The Morgan fingerprint density at radius 2 is 2.18 bits per heavy atom. The molecule has 4 heteroatoms. The maximum Gasteiger partial charge on any atom is 0.0447 e. The molecular weight excluding hydrogens is 280 g/mol. The Balaban J connectivity index is 3.02. The number of nitrogens with two attached hydrogens (primary N) is 1. The maximum absolute atomic E-state index is 8.93. The number of aliphatic hydroxyl groups is 1. The molecule has 3 N–H and O–H groups in total. The maximum atomic E-state index is 8.93. The lowest BCUT2D eigenvalue weighted by Gasteiger charge is -2.27. The Kier molecular flexibility index (Phi) is 5.95. The van der Waals surface area contributed by atoms with Gasteiger partial charge in [0.15, 0.2) is 0 Å². The summed E-state index contributed by atoms with van der Waals surface area (Å²) in [5, 5.41) is 8.93. The largest absolute Gasteiger partial charge is 0.396 e. The first-order valence-corrected chi connectivity index (χ1v) is 6.80. The van der Waals surface area contributed by atoms with Gasteiger partial charge < -0.3 is 15.7 Å². The zero-order chi connectivity index (χ0) is 12.8. The van der Waals surface area contributed by atoms with E-state index in [0.29, 0.717) is 0 Å². The molecule has 0 bridgehead atoms. The molecule has 0 radical (unpaired) electrons. The normalized spacial score (nSPS) is 12.5. The van der Waals surface area contributed by atoms with E-state index in [9.17, 15) is 0 Å². The van der Waals surface area contributed by atoms with Gasteiger partial charge >= 0.3 is 0 Å². The number of aliphatic hydroxyl groups excluding tert-OH is 1. The molecule has 0 aromatic heterocycles. The van der Waals surface area contributed by atoms with Crippen molar-refractivity contribution < 1.29 is 5.11 Å². The standard InChI is InChI=1S/C13H21BrN2O/c1-3-16(7-4-8-17)13-9-11(14)5-6-12(13)10(2)15/h5-6,9-10,17H,3-4,7-8,15H2,1-2H3. The van der Waals surface area contributed by atoms with Gasteiger partial charge in [0.1, 0.15) is 0 Å². The second-order valence-corrected chi connectivity index (χ2v) is 5.06. The molecule has 0 heterocycles. The topological polar surface area (TPSA) is 49.5 Å². The number of halogens is 1. The highest BCUT2D eigenvalue weighted by Crippen LogP contribution is 2.28. The molecule has 1 aromatic rings. The van der Waals surface area contributed by atoms with E-state index >= 15 is 0 Å². The molecule has 1 rings (SSSR count). The van der Waals surface area contributed by atoms with Gasteiger partial charge in [-0.1, -0.05) is 22.0 Å². The van der Waals surface area contributed by atoms with Crippen LogP contribution in [0.3, 0.4) is 0 Å². The molecule has 0 saturated heterocycles. The van der Waals surface area contributed by atoms with Crippen molar-refractivity contribution in [1.82, 2.24) is 0 Å². The molecule has 0 aliphatic rings. The molecule has 1 unspecified atom stereocenters. The Hall–Kier alpha value is -0.580. The Morgan fingerprint density at radius 3 is 2.71 bits per heavy atom. The molecule has 0 saturated carbocycles. The van der Waals surface area contributed by atoms with Gasteiger partial charge in [-0.3, -0.25) is 0 Å². The van der Waals surface area contributed by atoms with Gasteiger partial charge in [-0.05, 0) is 38.0 Å². The number of hydrogen-bond acceptors (Lipinski definition) is 3. The lowest BCUT2D eigenvalue weighted by molar-refractivity contribution is 0.289. The smallest absolute Gasteiger partial charge is 0.0447 e. The lowest BCUT2D eigenvalue weighted by Crippen LogP contribution is -2.26. The number of hydrogen-bond donors (Lipinski definition) is 2. The number of rotatable bonds is 6. The molecule has 0 aliphatic carbocycles. The highest BCUT2D eigenvalue weighted by molar-refractivity contribution is 9.10. The van der Waals surface area contributed by atoms with Crippen LogP contribution in [-0.4, -0.2) is 24.8 Å². The Morgan fingerprint density at radius 1 is 1.47 bits per heavy atom. The van der Waals surface area contributed by atoms with Crippen LogP contribution in [0, 0.1) is 0 Å². The summed E-state index contributed by atoms with van der Waals surface area (Å²) in [6.45, 7) is 6.09. The predicted octanol–water partition coefficient (Wildman–Crippen LogP) is 2.68. The minimum Gasteiger partial charge on any atom is -0.396 e. The van der Waals surface area contributed by atoms with Crippen LogP contribution in [0.2, 0.25) is 0 Å². The number of nitrogens with zero attached hydrogens (tertiary/aromatic N) is 1. The molecule has 17 heavy (non-hydrogen) atoms. The molecule has 1 atom stereocenters. The first-order valence-electron chi connectivity index (χ1n) is 6.01. The second-order valence-electron chi connectivity index (χ2n) is 4.15. The van der Waals surface area contributed by atoms with Gasteiger partial charge in [0.05, 0.1) is 0 Å². The zero-order valence-electron chi connectivity index (χ0n) is 10.5. The van der Waals surface area contributed by atoms with Crippen molar-refractivity contribution >= 4 is 21.6 Å². The van der Waals surface area contributed by atoms with Gasteiger partial charge in [-0.15, -0.1) is 0 Å². The third kappa shape index (κ3) is 3.98. The summed E-state index contributed by atoms with van der Waals surface area (Å²) in [7, 11) is 0. The summed E-state index contributed by atoms with van der Waals surface area (Å²) in [5.74, 6) is 0. The van der Waals surface area contributed by atoms with Crippen LogP contribution in [0.1, 0.15) is 31.9 Å². The quantitative estimate of drug-likeness (QED) is 0.849. The van der Waals surface area contributed by atoms with E-state index in [-0.39, 0.29) is 12.6 Å². The average Bonchev–Trinajstić information content (AvgIpc) is 2.29. The minimum absolute atomic E-state index is 0.0151. The minimum atomic E-state index is 0.0151. The van der Waals surface area contributed by atoms with Crippen molar-refractivity contribution in [3.63, 3.8) is 0 Å². The third-order valence-corrected chi connectivity index (χ3v) is 3.28. The summed E-state index contributed by atoms with van der Waals surface area (Å²) in [5.41, 5.74) is 8.30. The molecule has 0 amide bonds. The summed E-state index contributed by atoms with van der Waals surface area (Å²) >= 11 is 3.49. The average molecular weight is 301 g/mol. The van der Waals surface area contributed by atoms with Gasteiger partial charge in [0, 0.05) is 35.9 Å². The molecule has 96 valence electrons. The molecule has 0 fully saturated rings. The van der Waals surface area contributed by atoms with Crippen molar-refractivity contribution in [2.75, 3.05) is 24.6 Å². The van der Waals surface area contributed by atoms with Crippen LogP contribution in [0.25, 0.3) is 0 Å². The van der Waals surface area contributed by atoms with E-state index in [1.165, 1.54) is 0 Å². The van der Waals surface area contributed by atoms with Crippen LogP contribution in [0.4, 0.5) is 5.69 Å². The fourth-order valence-electron chi connectivity index (χ4n) is 1.89. The summed E-state index contributed by atoms with van der Waals surface area (Å²) in [6, 6.07) is 6.19. The highest BCUT2D eigenvalue weighted by Gasteiger charge is 2.12. The van der Waals surface area contributed by atoms with E-state index in [1.54, 1.807) is 0 Å². The second kappa shape index (κ2) is 6.99. The third-order valence-electron chi connectivity index (χ3n) is 2.79. The van der Waals surface area contributed by atoms with Crippen LogP contribution in [0.5, 0.6) is 0 Å². The van der Waals surface area contributed by atoms with Gasteiger partial charge in [0.25, 0.3) is 0 Å². The molecular formula is C13H21BrN2O. The van der Waals surface area contributed by atoms with Gasteiger partial charge in [-0.2, -0.15) is 0 Å². The first-order chi connectivity index (χ1) is 8.10. The van der Waals surface area contributed by atoms with Crippen molar-refractivity contribution in [3.05, 3.63) is 28.2 Å². The van der Waals surface area contributed by atoms with Crippen molar-refractivity contribution in [1.29, 1.82) is 0 Å². The van der Waals surface area contributed by atoms with E-state index in [4.69, 9.17) is 10.8 Å². The first kappa shape index (κ1) is 14.5. The van der Waals surface area contributed by atoms with Crippen molar-refractivity contribution in [2.45, 2.75) is 26.3 Å². The van der Waals surface area contributed by atoms with Gasteiger partial charge in [0.2, 0.25) is 0 Å². The monoisotopic (exact) mass is 300 g/mol. The molecule has 1 aromatic carbocycles. The van der Waals surface area contributed by atoms with Crippen molar-refractivity contribution in [3.8, 4) is 0 Å². The molecule has 0 aliphatic heterocycles. The Bertz CT molecular complexity index is 355. The van der Waals surface area contributed by atoms with E-state index < -0.39 is 0 Å². The fraction of sp³-hybridized carbons (Fsp3) is 0.538. The molecule has 0 spiro atoms. The van der Waals surface area contributed by atoms with E-state index in [2.05, 4.69) is 39.9 Å². The SMILES string of the molecule is CCN(CCCO)c1cc(Br)ccc1C(C)N. The van der Waals surface area contributed by atoms with Crippen LogP contribution in [-0.2, 0) is 0 Å². The fourth-order valence-corrected chi connectivity index (χ4v) is 2.24. The Labute approximate surface area is 112 Å². The lowest BCUT2D eigenvalue weighted by atomic mass is 10.1. The predicted molar refractivity (Wildman–Crippen MR) is 76.3 cm³/mol. The zero-order valence-corrected chi connectivity index (χ0v) is 12.1.